The minimum atomic E-state index is -4.24. The van der Waals surface area contributed by atoms with Crippen LogP contribution in [0.15, 0.2) is 47.4 Å². The third kappa shape index (κ3) is 3.59. The van der Waals surface area contributed by atoms with Crippen LogP contribution in [0.25, 0.3) is 0 Å². The molecule has 1 amide bonds. The molecule has 7 heteroatoms. The predicted molar refractivity (Wildman–Crippen MR) is 79.8 cm³/mol. The van der Waals surface area contributed by atoms with E-state index in [1.807, 2.05) is 6.92 Å². The zero-order chi connectivity index (χ0) is 15.6. The lowest BCUT2D eigenvalue weighted by atomic mass is 10.1. The molecule has 2 aromatic carbocycles. The summed E-state index contributed by atoms with van der Waals surface area (Å²) in [5, 5.41) is 2.61. The molecule has 0 aliphatic rings. The fraction of sp³-hybridized carbons (Fsp3) is 0.0714. The van der Waals surface area contributed by atoms with Gasteiger partial charge in [0.2, 0.25) is 0 Å². The van der Waals surface area contributed by atoms with Crippen molar-refractivity contribution < 1.29 is 17.8 Å². The summed E-state index contributed by atoms with van der Waals surface area (Å²) < 4.78 is 30.7. The molecule has 0 radical (unpaired) electrons. The van der Waals surface area contributed by atoms with Gasteiger partial charge in [0.1, 0.15) is 0 Å². The molecule has 0 heterocycles. The zero-order valence-corrected chi connectivity index (χ0v) is 12.0. The van der Waals surface area contributed by atoms with Crippen molar-refractivity contribution >= 4 is 27.4 Å². The number of benzene rings is 2. The van der Waals surface area contributed by atoms with E-state index < -0.39 is 10.1 Å². The number of carbonyl (C=O) groups excluding carboxylic acids is 1. The van der Waals surface area contributed by atoms with Crippen molar-refractivity contribution in [2.24, 2.45) is 0 Å². The number of nitrogens with two attached hydrogens (primary N) is 1. The van der Waals surface area contributed by atoms with Crippen LogP contribution in [0.2, 0.25) is 0 Å². The summed E-state index contributed by atoms with van der Waals surface area (Å²) in [5.74, 6) is -0.360. The molecule has 110 valence electrons. The monoisotopic (exact) mass is 306 g/mol. The maximum Gasteiger partial charge on any atom is 0.294 e. The molecule has 4 N–H and O–H groups in total. The number of anilines is 2. The second-order valence-corrected chi connectivity index (χ2v) is 5.95. The Morgan fingerprint density at radius 3 is 2.29 bits per heavy atom. The van der Waals surface area contributed by atoms with Crippen molar-refractivity contribution in [3.8, 4) is 0 Å². The highest BCUT2D eigenvalue weighted by molar-refractivity contribution is 7.85. The number of hydrogen-bond donors (Lipinski definition) is 3. The van der Waals surface area contributed by atoms with Crippen LogP contribution in [-0.4, -0.2) is 18.9 Å². The summed E-state index contributed by atoms with van der Waals surface area (Å²) in [7, 11) is -4.24. The highest BCUT2D eigenvalue weighted by Gasteiger charge is 2.10. The van der Waals surface area contributed by atoms with E-state index in [-0.39, 0.29) is 10.8 Å². The number of nitrogens with one attached hydrogen (secondary N) is 1. The van der Waals surface area contributed by atoms with Gasteiger partial charge < -0.3 is 11.1 Å². The Balaban J connectivity index is 2.18. The number of aryl methyl sites for hydroxylation is 1. The van der Waals surface area contributed by atoms with Crippen LogP contribution >= 0.6 is 0 Å². The van der Waals surface area contributed by atoms with Crippen LogP contribution in [0.5, 0.6) is 0 Å². The quantitative estimate of drug-likeness (QED) is 0.594. The second kappa shape index (κ2) is 5.55. The van der Waals surface area contributed by atoms with Gasteiger partial charge in [-0.2, -0.15) is 8.42 Å². The van der Waals surface area contributed by atoms with Gasteiger partial charge in [-0.15, -0.1) is 0 Å². The van der Waals surface area contributed by atoms with E-state index in [0.717, 1.165) is 5.56 Å². The average molecular weight is 306 g/mol. The first-order chi connectivity index (χ1) is 9.77. The molecular weight excluding hydrogens is 292 g/mol. The van der Waals surface area contributed by atoms with Gasteiger partial charge in [-0.25, -0.2) is 0 Å². The van der Waals surface area contributed by atoms with Gasteiger partial charge in [-0.05, 0) is 48.9 Å². The fourth-order valence-electron chi connectivity index (χ4n) is 1.70. The Morgan fingerprint density at radius 2 is 1.76 bits per heavy atom. The van der Waals surface area contributed by atoms with Crippen molar-refractivity contribution in [2.45, 2.75) is 11.8 Å². The molecular formula is C14H14N2O4S. The van der Waals surface area contributed by atoms with Crippen molar-refractivity contribution in [3.63, 3.8) is 0 Å². The maximum atomic E-state index is 12.0. The van der Waals surface area contributed by atoms with Crippen LogP contribution in [0.1, 0.15) is 15.9 Å². The molecule has 21 heavy (non-hydrogen) atoms. The molecule has 0 aliphatic heterocycles. The standard InChI is InChI=1S/C14H14N2O4S/c1-9-2-3-10(8-13(9)15)14(17)16-11-4-6-12(7-5-11)21(18,19)20/h2-8H,15H2,1H3,(H,16,17)(H,18,19,20). The van der Waals surface area contributed by atoms with Gasteiger partial charge in [0.15, 0.2) is 0 Å². The van der Waals surface area contributed by atoms with E-state index in [4.69, 9.17) is 10.3 Å². The summed E-state index contributed by atoms with van der Waals surface area (Å²) >= 11 is 0. The van der Waals surface area contributed by atoms with Crippen LogP contribution in [-0.2, 0) is 10.1 Å². The molecule has 2 aromatic rings. The van der Waals surface area contributed by atoms with Crippen molar-refractivity contribution in [3.05, 3.63) is 53.6 Å². The Bertz CT molecular complexity index is 783. The first-order valence-corrected chi connectivity index (χ1v) is 7.46. The minimum absolute atomic E-state index is 0.236. The molecule has 0 spiro atoms. The summed E-state index contributed by atoms with van der Waals surface area (Å²) in [6, 6.07) is 10.1. The molecule has 0 fully saturated rings. The molecule has 0 aromatic heterocycles. The molecule has 0 atom stereocenters. The summed E-state index contributed by atoms with van der Waals surface area (Å²) in [6.07, 6.45) is 0. The van der Waals surface area contributed by atoms with Gasteiger partial charge in [0.25, 0.3) is 16.0 Å². The number of hydrogen-bond acceptors (Lipinski definition) is 4. The van der Waals surface area contributed by atoms with Crippen molar-refractivity contribution in [2.75, 3.05) is 11.1 Å². The average Bonchev–Trinajstić information content (AvgIpc) is 2.41. The van der Waals surface area contributed by atoms with E-state index in [2.05, 4.69) is 5.32 Å². The highest BCUT2D eigenvalue weighted by Crippen LogP contribution is 2.17. The van der Waals surface area contributed by atoms with Crippen LogP contribution in [0, 0.1) is 6.92 Å². The molecule has 0 saturated heterocycles. The van der Waals surface area contributed by atoms with Gasteiger partial charge in [0.05, 0.1) is 4.90 Å². The first-order valence-electron chi connectivity index (χ1n) is 6.02. The van der Waals surface area contributed by atoms with Crippen molar-refractivity contribution in [1.29, 1.82) is 0 Å². The summed E-state index contributed by atoms with van der Waals surface area (Å²) in [4.78, 5) is 11.8. The lowest BCUT2D eigenvalue weighted by molar-refractivity contribution is 0.102. The summed E-state index contributed by atoms with van der Waals surface area (Å²) in [6.45, 7) is 1.84. The SMILES string of the molecule is Cc1ccc(C(=O)Nc2ccc(S(=O)(=O)O)cc2)cc1N. The number of amides is 1. The van der Waals surface area contributed by atoms with Crippen molar-refractivity contribution in [1.82, 2.24) is 0 Å². The molecule has 0 bridgehead atoms. The Labute approximate surface area is 122 Å². The van der Waals surface area contributed by atoms with E-state index >= 15 is 0 Å². The smallest absolute Gasteiger partial charge is 0.294 e. The lowest BCUT2D eigenvalue weighted by Gasteiger charge is -2.07. The molecule has 2 rings (SSSR count). The Morgan fingerprint density at radius 1 is 1.14 bits per heavy atom. The van der Waals surface area contributed by atoms with Crippen LogP contribution in [0.4, 0.5) is 11.4 Å². The fourth-order valence-corrected chi connectivity index (χ4v) is 2.18. The molecule has 0 saturated carbocycles. The van der Waals surface area contributed by atoms with Crippen LogP contribution < -0.4 is 11.1 Å². The van der Waals surface area contributed by atoms with E-state index in [9.17, 15) is 13.2 Å². The lowest BCUT2D eigenvalue weighted by Crippen LogP contribution is -2.12. The number of carbonyl (C=O) groups is 1. The summed E-state index contributed by atoms with van der Waals surface area (Å²) in [5.41, 5.74) is 7.95. The van der Waals surface area contributed by atoms with E-state index in [1.54, 1.807) is 18.2 Å². The first kappa shape index (κ1) is 15.0. The second-order valence-electron chi connectivity index (χ2n) is 4.52. The van der Waals surface area contributed by atoms with Gasteiger partial charge in [-0.3, -0.25) is 9.35 Å². The Kier molecular flexibility index (Phi) is 3.97. The van der Waals surface area contributed by atoms with Gasteiger partial charge in [-0.1, -0.05) is 6.07 Å². The van der Waals surface area contributed by atoms with Gasteiger partial charge in [0, 0.05) is 16.9 Å². The largest absolute Gasteiger partial charge is 0.398 e. The highest BCUT2D eigenvalue weighted by atomic mass is 32.2. The molecule has 0 aliphatic carbocycles. The third-order valence-electron chi connectivity index (χ3n) is 2.95. The van der Waals surface area contributed by atoms with E-state index in [1.165, 1.54) is 24.3 Å². The predicted octanol–water partition coefficient (Wildman–Crippen LogP) is 2.08. The van der Waals surface area contributed by atoms with Gasteiger partial charge >= 0.3 is 0 Å². The minimum Gasteiger partial charge on any atom is -0.398 e. The zero-order valence-electron chi connectivity index (χ0n) is 11.2. The number of nitrogen functional groups attached to an aromatic ring is 1. The van der Waals surface area contributed by atoms with Crippen LogP contribution in [0.3, 0.4) is 0 Å². The molecule has 0 unspecified atom stereocenters. The topological polar surface area (TPSA) is 109 Å². The van der Waals surface area contributed by atoms with E-state index in [0.29, 0.717) is 16.9 Å². The Hall–Kier alpha value is -2.38. The number of rotatable bonds is 3. The maximum absolute atomic E-state index is 12.0. The third-order valence-corrected chi connectivity index (χ3v) is 3.82. The normalized spacial score (nSPS) is 11.1. The molecule has 6 nitrogen and oxygen atoms in total.